The molecule has 1 atom stereocenters. The van der Waals surface area contributed by atoms with E-state index in [-0.39, 0.29) is 12.3 Å². The monoisotopic (exact) mass is 307 g/mol. The van der Waals surface area contributed by atoms with Crippen LogP contribution in [0.25, 0.3) is 0 Å². The Morgan fingerprint density at radius 1 is 1.55 bits per heavy atom. The number of methoxy groups -OCH3 is 1. The summed E-state index contributed by atoms with van der Waals surface area (Å²) in [5, 5.41) is 10.7. The maximum absolute atomic E-state index is 11.9. The van der Waals surface area contributed by atoms with Crippen LogP contribution in [0.4, 0.5) is 0 Å². The van der Waals surface area contributed by atoms with Gasteiger partial charge >= 0.3 is 0 Å². The van der Waals surface area contributed by atoms with Gasteiger partial charge in [-0.15, -0.1) is 0 Å². The van der Waals surface area contributed by atoms with E-state index >= 15 is 0 Å². The second kappa shape index (κ2) is 7.07. The average molecular weight is 307 g/mol. The molecule has 1 aromatic rings. The number of likely N-dealkylation sites (tertiary alicyclic amines) is 1. The Morgan fingerprint density at radius 2 is 2.32 bits per heavy atom. The molecular weight excluding hydrogens is 282 g/mol. The van der Waals surface area contributed by atoms with E-state index < -0.39 is 5.60 Å². The van der Waals surface area contributed by atoms with E-state index in [1.807, 2.05) is 12.1 Å². The van der Waals surface area contributed by atoms with Gasteiger partial charge in [-0.05, 0) is 25.5 Å². The summed E-state index contributed by atoms with van der Waals surface area (Å²) in [6.07, 6.45) is 3.43. The largest absolute Gasteiger partial charge is 0.497 e. The van der Waals surface area contributed by atoms with Crippen molar-refractivity contribution in [3.05, 3.63) is 24.0 Å². The van der Waals surface area contributed by atoms with Crippen molar-refractivity contribution in [3.63, 3.8) is 0 Å². The fourth-order valence-corrected chi connectivity index (χ4v) is 2.82. The summed E-state index contributed by atoms with van der Waals surface area (Å²) in [5.74, 6) is 0.740. The number of ether oxygens (including phenoxy) is 1. The van der Waals surface area contributed by atoms with Crippen LogP contribution in [0.3, 0.4) is 0 Å². The smallest absolute Gasteiger partial charge is 0.224 e. The van der Waals surface area contributed by atoms with Gasteiger partial charge < -0.3 is 14.7 Å². The highest BCUT2D eigenvalue weighted by Crippen LogP contribution is 2.26. The van der Waals surface area contributed by atoms with Gasteiger partial charge in [0.15, 0.2) is 0 Å². The van der Waals surface area contributed by atoms with Crippen LogP contribution in [0.5, 0.6) is 5.75 Å². The Hall–Kier alpha value is -1.66. The zero-order chi connectivity index (χ0) is 16.2. The van der Waals surface area contributed by atoms with Crippen LogP contribution in [0.15, 0.2) is 18.3 Å². The molecule has 1 unspecified atom stereocenters. The molecule has 1 aromatic heterocycles. The Bertz CT molecular complexity index is 521. The second-order valence-corrected chi connectivity index (χ2v) is 6.19. The number of aliphatic hydroxyl groups is 1. The van der Waals surface area contributed by atoms with Crippen molar-refractivity contribution in [1.82, 2.24) is 14.8 Å². The molecule has 0 aromatic carbocycles. The predicted molar refractivity (Wildman–Crippen MR) is 83.6 cm³/mol. The predicted octanol–water partition coefficient (Wildman–Crippen LogP) is 0.895. The molecule has 2 rings (SSSR count). The lowest BCUT2D eigenvalue weighted by atomic mass is 9.89. The van der Waals surface area contributed by atoms with E-state index in [9.17, 15) is 9.90 Å². The first-order chi connectivity index (χ1) is 10.4. The zero-order valence-corrected chi connectivity index (χ0v) is 13.6. The highest BCUT2D eigenvalue weighted by molar-refractivity contribution is 5.76. The molecule has 0 spiro atoms. The maximum atomic E-state index is 11.9. The van der Waals surface area contributed by atoms with Gasteiger partial charge in [0.05, 0.1) is 24.8 Å². The standard InChI is InChI=1S/C16H25N3O3/c1-18(2)15(20)10-16(21)6-4-8-19(12-16)11-13-9-14(22-3)5-7-17-13/h5,7,9,21H,4,6,8,10-12H2,1-3H3. The number of carbonyl (C=O) groups excluding carboxylic acids is 1. The molecule has 0 radical (unpaired) electrons. The first-order valence-corrected chi connectivity index (χ1v) is 7.56. The second-order valence-electron chi connectivity index (χ2n) is 6.19. The van der Waals surface area contributed by atoms with E-state index in [1.165, 1.54) is 4.90 Å². The van der Waals surface area contributed by atoms with Crippen molar-refractivity contribution in [2.75, 3.05) is 34.3 Å². The molecule has 0 aliphatic carbocycles. The summed E-state index contributed by atoms with van der Waals surface area (Å²) in [4.78, 5) is 19.9. The van der Waals surface area contributed by atoms with Gasteiger partial charge in [0, 0.05) is 39.4 Å². The molecule has 0 saturated carbocycles. The van der Waals surface area contributed by atoms with Crippen LogP contribution in [0, 0.1) is 0 Å². The number of rotatable bonds is 5. The SMILES string of the molecule is COc1ccnc(CN2CCCC(O)(CC(=O)N(C)C)C2)c1. The third-order valence-corrected chi connectivity index (χ3v) is 4.02. The normalized spacial score (nSPS) is 22.4. The van der Waals surface area contributed by atoms with Crippen LogP contribution >= 0.6 is 0 Å². The number of piperidine rings is 1. The fourth-order valence-electron chi connectivity index (χ4n) is 2.82. The lowest BCUT2D eigenvalue weighted by molar-refractivity contribution is -0.136. The van der Waals surface area contributed by atoms with Gasteiger partial charge in [-0.1, -0.05) is 0 Å². The number of hydrogen-bond acceptors (Lipinski definition) is 5. The Morgan fingerprint density at radius 3 is 3.00 bits per heavy atom. The molecule has 1 aliphatic heterocycles. The average Bonchev–Trinajstić information content (AvgIpc) is 2.47. The summed E-state index contributed by atoms with van der Waals surface area (Å²) in [7, 11) is 5.06. The van der Waals surface area contributed by atoms with Crippen LogP contribution in [-0.4, -0.2) is 65.7 Å². The molecule has 1 aliphatic rings. The minimum absolute atomic E-state index is 0.0381. The summed E-state index contributed by atoms with van der Waals surface area (Å²) >= 11 is 0. The molecule has 0 bridgehead atoms. The number of nitrogens with zero attached hydrogens (tertiary/aromatic N) is 3. The molecule has 6 heteroatoms. The first kappa shape index (κ1) is 16.7. The quantitative estimate of drug-likeness (QED) is 0.875. The molecule has 1 fully saturated rings. The van der Waals surface area contributed by atoms with Crippen molar-refractivity contribution in [1.29, 1.82) is 0 Å². The van der Waals surface area contributed by atoms with Crippen molar-refractivity contribution >= 4 is 5.91 Å². The Balaban J connectivity index is 1.99. The lowest BCUT2D eigenvalue weighted by Gasteiger charge is -2.39. The summed E-state index contributed by atoms with van der Waals surface area (Å²) < 4.78 is 5.21. The highest BCUT2D eigenvalue weighted by Gasteiger charge is 2.35. The number of amides is 1. The van der Waals surface area contributed by atoms with Crippen molar-refractivity contribution in [2.45, 2.75) is 31.4 Å². The molecule has 1 N–H and O–H groups in total. The van der Waals surface area contributed by atoms with E-state index in [0.29, 0.717) is 19.5 Å². The third-order valence-electron chi connectivity index (χ3n) is 4.02. The van der Waals surface area contributed by atoms with Crippen molar-refractivity contribution in [3.8, 4) is 5.75 Å². The molecule has 1 amide bonds. The topological polar surface area (TPSA) is 65.9 Å². The number of aromatic nitrogens is 1. The molecule has 1 saturated heterocycles. The van der Waals surface area contributed by atoms with Gasteiger partial charge in [-0.25, -0.2) is 0 Å². The fraction of sp³-hybridized carbons (Fsp3) is 0.625. The van der Waals surface area contributed by atoms with E-state index in [4.69, 9.17) is 4.74 Å². The van der Waals surface area contributed by atoms with Crippen molar-refractivity contribution in [2.24, 2.45) is 0 Å². The first-order valence-electron chi connectivity index (χ1n) is 7.56. The Labute approximate surface area is 131 Å². The number of pyridine rings is 1. The highest BCUT2D eigenvalue weighted by atomic mass is 16.5. The number of β-amino-alcohol motifs (C(OH)–C–C–N with tert-alkyl or cyclic N) is 1. The molecule has 6 nitrogen and oxygen atoms in total. The van der Waals surface area contributed by atoms with Gasteiger partial charge in [0.2, 0.25) is 5.91 Å². The lowest BCUT2D eigenvalue weighted by Crippen LogP contribution is -2.50. The van der Waals surface area contributed by atoms with E-state index in [1.54, 1.807) is 27.4 Å². The van der Waals surface area contributed by atoms with E-state index in [2.05, 4.69) is 9.88 Å². The molecular formula is C16H25N3O3. The van der Waals surface area contributed by atoms with Crippen LogP contribution < -0.4 is 4.74 Å². The van der Waals surface area contributed by atoms with Gasteiger partial charge in [-0.3, -0.25) is 14.7 Å². The van der Waals surface area contributed by atoms with Crippen molar-refractivity contribution < 1.29 is 14.6 Å². The van der Waals surface area contributed by atoms with Crippen LogP contribution in [0.2, 0.25) is 0 Å². The number of carbonyl (C=O) groups is 1. The van der Waals surface area contributed by atoms with E-state index in [0.717, 1.165) is 24.4 Å². The summed E-state index contributed by atoms with van der Waals surface area (Å²) in [6.45, 7) is 2.04. The zero-order valence-electron chi connectivity index (χ0n) is 13.6. The van der Waals surface area contributed by atoms with Gasteiger partial charge in [-0.2, -0.15) is 0 Å². The minimum atomic E-state index is -0.946. The molecule has 2 heterocycles. The van der Waals surface area contributed by atoms with Gasteiger partial charge in [0.25, 0.3) is 0 Å². The maximum Gasteiger partial charge on any atom is 0.224 e. The van der Waals surface area contributed by atoms with Crippen LogP contribution in [0.1, 0.15) is 25.0 Å². The molecule has 22 heavy (non-hydrogen) atoms. The van der Waals surface area contributed by atoms with Crippen LogP contribution in [-0.2, 0) is 11.3 Å². The minimum Gasteiger partial charge on any atom is -0.497 e. The summed E-state index contributed by atoms with van der Waals surface area (Å²) in [6, 6.07) is 3.71. The summed E-state index contributed by atoms with van der Waals surface area (Å²) in [5.41, 5.74) is -0.0408. The third kappa shape index (κ3) is 4.42. The Kier molecular flexibility index (Phi) is 5.37. The number of hydrogen-bond donors (Lipinski definition) is 1. The molecule has 122 valence electrons. The van der Waals surface area contributed by atoms with Gasteiger partial charge in [0.1, 0.15) is 5.75 Å².